The van der Waals surface area contributed by atoms with Gasteiger partial charge in [0, 0.05) is 32.4 Å². The van der Waals surface area contributed by atoms with Crippen LogP contribution in [-0.2, 0) is 44.1 Å². The summed E-state index contributed by atoms with van der Waals surface area (Å²) < 4.78 is 5.25. The first kappa shape index (κ1) is 39.4. The Bertz CT molecular complexity index is 1940. The number of hydrogen-bond donors (Lipinski definition) is 5. The second-order valence-electron chi connectivity index (χ2n) is 14.2. The number of unbranched alkanes of at least 4 members (excludes halogenated alkanes) is 1. The lowest BCUT2D eigenvalue weighted by Gasteiger charge is -2.37. The molecule has 10 heteroatoms. The van der Waals surface area contributed by atoms with E-state index in [2.05, 4.69) is 21.3 Å². The zero-order valence-corrected chi connectivity index (χ0v) is 31.4. The molecule has 6 rings (SSSR count). The monoisotopic (exact) mass is 751 g/mol. The molecule has 0 bridgehead atoms. The number of carbonyl (C=O) groups excluding carboxylic acids is 4. The van der Waals surface area contributed by atoms with Gasteiger partial charge >= 0.3 is 6.09 Å². The van der Waals surface area contributed by atoms with E-state index in [-0.39, 0.29) is 31.3 Å². The van der Waals surface area contributed by atoms with Gasteiger partial charge in [-0.05, 0) is 52.6 Å². The lowest BCUT2D eigenvalue weighted by Crippen LogP contribution is -2.62. The van der Waals surface area contributed by atoms with Crippen LogP contribution >= 0.6 is 0 Å². The maximum absolute atomic E-state index is 13.9. The molecule has 0 unspecified atom stereocenters. The van der Waals surface area contributed by atoms with E-state index in [0.717, 1.165) is 33.4 Å². The van der Waals surface area contributed by atoms with Gasteiger partial charge < -0.3 is 31.7 Å². The van der Waals surface area contributed by atoms with E-state index in [4.69, 9.17) is 10.5 Å². The van der Waals surface area contributed by atoms with Crippen LogP contribution in [0.3, 0.4) is 0 Å². The number of rotatable bonds is 17. The van der Waals surface area contributed by atoms with E-state index in [0.29, 0.717) is 38.8 Å². The maximum atomic E-state index is 13.9. The van der Waals surface area contributed by atoms with Gasteiger partial charge in [0.1, 0.15) is 17.7 Å². The average Bonchev–Trinajstić information content (AvgIpc) is 3.63. The zero-order chi connectivity index (χ0) is 39.2. The molecule has 0 radical (unpaired) electrons. The number of fused-ring (bicyclic) bond motifs is 1. The highest BCUT2D eigenvalue weighted by Gasteiger charge is 2.45. The molecule has 0 saturated carbocycles. The third kappa shape index (κ3) is 9.69. The normalized spacial score (nSPS) is 13.4. The van der Waals surface area contributed by atoms with Crippen molar-refractivity contribution in [2.24, 2.45) is 5.73 Å². The second kappa shape index (κ2) is 18.9. The third-order valence-electron chi connectivity index (χ3n) is 10.2. The van der Waals surface area contributed by atoms with Crippen LogP contribution in [0.5, 0.6) is 0 Å². The largest absolute Gasteiger partial charge is 0.445 e. The summed E-state index contributed by atoms with van der Waals surface area (Å²) in [6.45, 7) is 0.932. The smallest absolute Gasteiger partial charge is 0.407 e. The SMILES string of the molecule is N[C@@H](CCC(=O)NC(c1ccccc1)(c1ccccc1)c1ccccc1)C(=O)NC1(C(=O)NCCCCNC(=O)OCc2ccccc2)Cc2ccccc2C1. The highest BCUT2D eigenvalue weighted by molar-refractivity contribution is 5.94. The molecule has 0 heterocycles. The van der Waals surface area contributed by atoms with Gasteiger partial charge in [0.2, 0.25) is 17.7 Å². The molecule has 288 valence electrons. The molecule has 1 aliphatic rings. The third-order valence-corrected chi connectivity index (χ3v) is 10.2. The summed E-state index contributed by atoms with van der Waals surface area (Å²) in [5.41, 5.74) is 9.77. The van der Waals surface area contributed by atoms with Gasteiger partial charge in [0.15, 0.2) is 0 Å². The van der Waals surface area contributed by atoms with Gasteiger partial charge in [-0.15, -0.1) is 0 Å². The van der Waals surface area contributed by atoms with E-state index in [1.54, 1.807) is 0 Å². The van der Waals surface area contributed by atoms with Crippen molar-refractivity contribution in [1.29, 1.82) is 0 Å². The molecule has 10 nitrogen and oxygen atoms in total. The minimum atomic E-state index is -1.23. The first-order valence-electron chi connectivity index (χ1n) is 19.1. The quantitative estimate of drug-likeness (QED) is 0.0610. The predicted molar refractivity (Wildman–Crippen MR) is 216 cm³/mol. The summed E-state index contributed by atoms with van der Waals surface area (Å²) in [7, 11) is 0. The van der Waals surface area contributed by atoms with E-state index in [9.17, 15) is 19.2 Å². The highest BCUT2D eigenvalue weighted by atomic mass is 16.5. The van der Waals surface area contributed by atoms with E-state index < -0.39 is 29.1 Å². The maximum Gasteiger partial charge on any atom is 0.407 e. The minimum Gasteiger partial charge on any atom is -0.445 e. The number of amides is 4. The summed E-state index contributed by atoms with van der Waals surface area (Å²) in [6.07, 6.45) is 1.40. The van der Waals surface area contributed by atoms with Gasteiger partial charge in [-0.2, -0.15) is 0 Å². The average molecular weight is 752 g/mol. The first-order valence-corrected chi connectivity index (χ1v) is 19.1. The van der Waals surface area contributed by atoms with Gasteiger partial charge in [-0.25, -0.2) is 4.79 Å². The zero-order valence-electron chi connectivity index (χ0n) is 31.4. The Labute approximate surface area is 328 Å². The van der Waals surface area contributed by atoms with Gasteiger partial charge in [0.25, 0.3) is 0 Å². The van der Waals surface area contributed by atoms with Gasteiger partial charge in [-0.3, -0.25) is 14.4 Å². The predicted octanol–water partition coefficient (Wildman–Crippen LogP) is 5.68. The van der Waals surface area contributed by atoms with Crippen molar-refractivity contribution in [3.63, 3.8) is 0 Å². The number of nitrogens with one attached hydrogen (secondary N) is 4. The van der Waals surface area contributed by atoms with E-state index in [1.165, 1.54) is 0 Å². The Morgan fingerprint density at radius 2 is 1.11 bits per heavy atom. The topological polar surface area (TPSA) is 152 Å². The number of carbonyl (C=O) groups is 4. The number of alkyl carbamates (subject to hydrolysis) is 1. The number of hydrogen-bond acceptors (Lipinski definition) is 6. The molecular weight excluding hydrogens is 703 g/mol. The molecule has 5 aromatic rings. The first-order chi connectivity index (χ1) is 27.3. The van der Waals surface area contributed by atoms with Crippen molar-refractivity contribution in [2.45, 2.75) is 62.3 Å². The molecule has 4 amide bonds. The number of benzene rings is 5. The molecule has 1 atom stereocenters. The Morgan fingerprint density at radius 3 is 1.62 bits per heavy atom. The van der Waals surface area contributed by atoms with E-state index in [1.807, 2.05) is 146 Å². The molecule has 0 aromatic heterocycles. The van der Waals surface area contributed by atoms with Gasteiger partial charge in [-0.1, -0.05) is 146 Å². The van der Waals surface area contributed by atoms with Crippen molar-refractivity contribution >= 4 is 23.8 Å². The molecule has 56 heavy (non-hydrogen) atoms. The second-order valence-corrected chi connectivity index (χ2v) is 14.2. The summed E-state index contributed by atoms with van der Waals surface area (Å²) in [6, 6.07) is 45.6. The summed E-state index contributed by atoms with van der Waals surface area (Å²) >= 11 is 0. The van der Waals surface area contributed by atoms with Crippen LogP contribution in [0.15, 0.2) is 146 Å². The van der Waals surface area contributed by atoms with Crippen molar-refractivity contribution in [3.05, 3.63) is 179 Å². The summed E-state index contributed by atoms with van der Waals surface area (Å²) in [4.78, 5) is 53.6. The molecule has 0 fully saturated rings. The van der Waals surface area contributed by atoms with Crippen LogP contribution < -0.4 is 27.0 Å². The molecule has 0 spiro atoms. The summed E-state index contributed by atoms with van der Waals surface area (Å²) in [5.74, 6) is -1.08. The molecule has 0 saturated heterocycles. The number of nitrogens with two attached hydrogens (primary N) is 1. The van der Waals surface area contributed by atoms with Crippen molar-refractivity contribution < 1.29 is 23.9 Å². The highest BCUT2D eigenvalue weighted by Crippen LogP contribution is 2.37. The fourth-order valence-corrected chi connectivity index (χ4v) is 7.31. The van der Waals surface area contributed by atoms with Gasteiger partial charge in [0.05, 0.1) is 6.04 Å². The molecule has 1 aliphatic carbocycles. The van der Waals surface area contributed by atoms with Crippen molar-refractivity contribution in [2.75, 3.05) is 13.1 Å². The fourth-order valence-electron chi connectivity index (χ4n) is 7.31. The Hall–Kier alpha value is -6.26. The Kier molecular flexibility index (Phi) is 13.3. The lowest BCUT2D eigenvalue weighted by atomic mass is 9.77. The minimum absolute atomic E-state index is 0.0178. The molecule has 6 N–H and O–H groups in total. The van der Waals surface area contributed by atoms with Crippen LogP contribution in [0.25, 0.3) is 0 Å². The standard InChI is InChI=1S/C46H49N5O5/c47-40(27-28-41(52)50-46(37-21-7-2-8-22-37,38-23-9-3-10-24-38)39-25-11-4-12-26-39)42(53)51-45(31-35-19-13-14-20-36(35)32-45)43(54)48-29-15-16-30-49-44(55)56-33-34-17-5-1-6-18-34/h1-14,17-26,40H,15-16,27-33,47H2,(H,48,54)(H,49,55)(H,50,52)(H,51,53)/t40-/m0/s1. The van der Waals surface area contributed by atoms with Crippen LogP contribution in [0.2, 0.25) is 0 Å². The van der Waals surface area contributed by atoms with Crippen molar-refractivity contribution in [1.82, 2.24) is 21.3 Å². The van der Waals surface area contributed by atoms with Crippen molar-refractivity contribution in [3.8, 4) is 0 Å². The Balaban J connectivity index is 1.05. The number of ether oxygens (including phenoxy) is 1. The Morgan fingerprint density at radius 1 is 0.643 bits per heavy atom. The molecule has 0 aliphatic heterocycles. The van der Waals surface area contributed by atoms with Crippen LogP contribution in [0.4, 0.5) is 4.79 Å². The molecular formula is C46H49N5O5. The molecule has 5 aromatic carbocycles. The van der Waals surface area contributed by atoms with Crippen LogP contribution in [0, 0.1) is 0 Å². The fraction of sp³-hybridized carbons (Fsp3) is 0.261. The lowest BCUT2D eigenvalue weighted by molar-refractivity contribution is -0.134. The van der Waals surface area contributed by atoms with Crippen LogP contribution in [-0.4, -0.2) is 48.5 Å². The van der Waals surface area contributed by atoms with Crippen LogP contribution in [0.1, 0.15) is 59.1 Å². The summed E-state index contributed by atoms with van der Waals surface area (Å²) in [5, 5.41) is 12.1. The van der Waals surface area contributed by atoms with E-state index >= 15 is 0 Å².